The van der Waals surface area contributed by atoms with E-state index >= 15 is 0 Å². The van der Waals surface area contributed by atoms with Crippen molar-refractivity contribution in [3.05, 3.63) is 50.5 Å². The summed E-state index contributed by atoms with van der Waals surface area (Å²) in [7, 11) is 0. The molecule has 0 fully saturated rings. The quantitative estimate of drug-likeness (QED) is 0.275. The average molecular weight is 392 g/mol. The van der Waals surface area contributed by atoms with Gasteiger partial charge in [0.25, 0.3) is 5.69 Å². The summed E-state index contributed by atoms with van der Waals surface area (Å²) >= 11 is 1.38. The number of thiazole rings is 1. The number of nitro benzene ring substituents is 1. The smallest absolute Gasteiger partial charge is 0.357 e. The number of amides is 1. The van der Waals surface area contributed by atoms with E-state index in [-0.39, 0.29) is 23.7 Å². The standard InChI is InChI=1S/C17H20N4O5S/c1-2-26-17(23)13-11-27-16(20-13)8-10-18-9-7-15(22)19-12-5-3-4-6-14(12)21(24)25/h3-6,11,18H,2,7-10H2,1H3,(H,19,22). The van der Waals surface area contributed by atoms with Crippen LogP contribution in [0.15, 0.2) is 29.6 Å². The van der Waals surface area contributed by atoms with Gasteiger partial charge in [0.15, 0.2) is 5.69 Å². The Kier molecular flexibility index (Phi) is 7.83. The van der Waals surface area contributed by atoms with Gasteiger partial charge in [0, 0.05) is 37.4 Å². The van der Waals surface area contributed by atoms with Crippen LogP contribution in [0.1, 0.15) is 28.8 Å². The normalized spacial score (nSPS) is 10.4. The van der Waals surface area contributed by atoms with E-state index in [1.54, 1.807) is 24.4 Å². The number of benzene rings is 1. The van der Waals surface area contributed by atoms with E-state index in [1.165, 1.54) is 23.5 Å². The molecule has 1 aromatic heterocycles. The fourth-order valence-corrected chi connectivity index (χ4v) is 2.97. The summed E-state index contributed by atoms with van der Waals surface area (Å²) in [5.41, 5.74) is 0.349. The number of carbonyl (C=O) groups excluding carboxylic acids is 2. The lowest BCUT2D eigenvalue weighted by atomic mass is 10.2. The summed E-state index contributed by atoms with van der Waals surface area (Å²) in [6.45, 7) is 3.06. The van der Waals surface area contributed by atoms with Crippen molar-refractivity contribution in [2.24, 2.45) is 0 Å². The van der Waals surface area contributed by atoms with Crippen LogP contribution in [0.3, 0.4) is 0 Å². The summed E-state index contributed by atoms with van der Waals surface area (Å²) in [6, 6.07) is 6.00. The Balaban J connectivity index is 1.69. The summed E-state index contributed by atoms with van der Waals surface area (Å²) in [6.07, 6.45) is 0.799. The fraction of sp³-hybridized carbons (Fsp3) is 0.353. The van der Waals surface area contributed by atoms with Crippen LogP contribution in [-0.2, 0) is 16.0 Å². The zero-order chi connectivity index (χ0) is 19.6. The van der Waals surface area contributed by atoms with E-state index in [2.05, 4.69) is 15.6 Å². The fourth-order valence-electron chi connectivity index (χ4n) is 2.20. The molecule has 0 aliphatic carbocycles. The maximum absolute atomic E-state index is 11.9. The third kappa shape index (κ3) is 6.42. The summed E-state index contributed by atoms with van der Waals surface area (Å²) in [5, 5.41) is 19.0. The Hall–Kier alpha value is -2.85. The molecule has 0 saturated carbocycles. The molecule has 0 aliphatic rings. The molecule has 27 heavy (non-hydrogen) atoms. The third-order valence-corrected chi connectivity index (χ3v) is 4.36. The lowest BCUT2D eigenvalue weighted by molar-refractivity contribution is -0.383. The number of hydrogen-bond acceptors (Lipinski definition) is 8. The largest absolute Gasteiger partial charge is 0.461 e. The monoisotopic (exact) mass is 392 g/mol. The Morgan fingerprint density at radius 2 is 2.07 bits per heavy atom. The first-order valence-electron chi connectivity index (χ1n) is 8.36. The van der Waals surface area contributed by atoms with Gasteiger partial charge in [-0.05, 0) is 13.0 Å². The number of nitrogens with one attached hydrogen (secondary N) is 2. The van der Waals surface area contributed by atoms with Gasteiger partial charge in [-0.1, -0.05) is 12.1 Å². The molecule has 0 radical (unpaired) electrons. The molecule has 10 heteroatoms. The average Bonchev–Trinajstić information content (AvgIpc) is 3.11. The van der Waals surface area contributed by atoms with Crippen LogP contribution in [-0.4, -0.2) is 41.5 Å². The maximum atomic E-state index is 11.9. The minimum Gasteiger partial charge on any atom is -0.461 e. The Morgan fingerprint density at radius 3 is 2.81 bits per heavy atom. The van der Waals surface area contributed by atoms with Crippen LogP contribution in [0.2, 0.25) is 0 Å². The highest BCUT2D eigenvalue weighted by molar-refractivity contribution is 7.09. The van der Waals surface area contributed by atoms with Crippen molar-refractivity contribution in [3.8, 4) is 0 Å². The molecule has 2 N–H and O–H groups in total. The van der Waals surface area contributed by atoms with Crippen molar-refractivity contribution in [1.29, 1.82) is 0 Å². The van der Waals surface area contributed by atoms with Gasteiger partial charge in [-0.2, -0.15) is 0 Å². The van der Waals surface area contributed by atoms with Gasteiger partial charge in [-0.25, -0.2) is 9.78 Å². The van der Waals surface area contributed by atoms with Crippen molar-refractivity contribution < 1.29 is 19.2 Å². The van der Waals surface area contributed by atoms with Gasteiger partial charge in [-0.3, -0.25) is 14.9 Å². The molecular formula is C17H20N4O5S. The van der Waals surface area contributed by atoms with Gasteiger partial charge in [-0.15, -0.1) is 11.3 Å². The summed E-state index contributed by atoms with van der Waals surface area (Å²) < 4.78 is 4.89. The number of aromatic nitrogens is 1. The molecule has 0 spiro atoms. The topological polar surface area (TPSA) is 123 Å². The zero-order valence-corrected chi connectivity index (χ0v) is 15.6. The molecule has 0 saturated heterocycles. The molecular weight excluding hydrogens is 372 g/mol. The number of nitrogens with zero attached hydrogens (tertiary/aromatic N) is 2. The highest BCUT2D eigenvalue weighted by atomic mass is 32.1. The molecule has 1 amide bonds. The second-order valence-electron chi connectivity index (χ2n) is 5.42. The number of anilines is 1. The van der Waals surface area contributed by atoms with Crippen LogP contribution in [0, 0.1) is 10.1 Å². The Bertz CT molecular complexity index is 808. The van der Waals surface area contributed by atoms with Crippen LogP contribution in [0.25, 0.3) is 0 Å². The van der Waals surface area contributed by atoms with Crippen LogP contribution in [0.4, 0.5) is 11.4 Å². The van der Waals surface area contributed by atoms with Crippen molar-refractivity contribution in [1.82, 2.24) is 10.3 Å². The summed E-state index contributed by atoms with van der Waals surface area (Å²) in [4.78, 5) is 38.1. The number of para-hydroxylation sites is 2. The first kappa shape index (κ1) is 20.5. The van der Waals surface area contributed by atoms with Gasteiger partial charge < -0.3 is 15.4 Å². The van der Waals surface area contributed by atoms with E-state index in [0.29, 0.717) is 31.8 Å². The van der Waals surface area contributed by atoms with Crippen molar-refractivity contribution in [2.75, 3.05) is 25.0 Å². The number of ether oxygens (including phenoxy) is 1. The van der Waals surface area contributed by atoms with Crippen molar-refractivity contribution in [2.45, 2.75) is 19.8 Å². The maximum Gasteiger partial charge on any atom is 0.357 e. The molecule has 0 aliphatic heterocycles. The van der Waals surface area contributed by atoms with Gasteiger partial charge >= 0.3 is 5.97 Å². The number of nitro groups is 1. The SMILES string of the molecule is CCOC(=O)c1csc(CCNCCC(=O)Nc2ccccc2[N+](=O)[O-])n1. The molecule has 0 atom stereocenters. The third-order valence-electron chi connectivity index (χ3n) is 3.46. The zero-order valence-electron chi connectivity index (χ0n) is 14.8. The number of hydrogen-bond donors (Lipinski definition) is 2. The molecule has 2 rings (SSSR count). The second kappa shape index (κ2) is 10.3. The molecule has 9 nitrogen and oxygen atoms in total. The Labute approximate surface area is 159 Å². The van der Waals surface area contributed by atoms with Gasteiger partial charge in [0.1, 0.15) is 5.69 Å². The van der Waals surface area contributed by atoms with Crippen molar-refractivity contribution in [3.63, 3.8) is 0 Å². The first-order valence-corrected chi connectivity index (χ1v) is 9.24. The summed E-state index contributed by atoms with van der Waals surface area (Å²) in [5.74, 6) is -0.740. The van der Waals surface area contributed by atoms with E-state index in [1.807, 2.05) is 0 Å². The van der Waals surface area contributed by atoms with Crippen LogP contribution >= 0.6 is 11.3 Å². The number of rotatable bonds is 10. The lowest BCUT2D eigenvalue weighted by Crippen LogP contribution is -2.23. The van der Waals surface area contributed by atoms with E-state index in [9.17, 15) is 19.7 Å². The minimum atomic E-state index is -0.535. The van der Waals surface area contributed by atoms with E-state index in [4.69, 9.17) is 4.74 Å². The van der Waals surface area contributed by atoms with Crippen molar-refractivity contribution >= 4 is 34.6 Å². The predicted molar refractivity (Wildman–Crippen MR) is 101 cm³/mol. The van der Waals surface area contributed by atoms with Gasteiger partial charge in [0.2, 0.25) is 5.91 Å². The molecule has 0 unspecified atom stereocenters. The van der Waals surface area contributed by atoms with Crippen LogP contribution in [0.5, 0.6) is 0 Å². The second-order valence-corrected chi connectivity index (χ2v) is 6.36. The number of esters is 1. The highest BCUT2D eigenvalue weighted by Gasteiger charge is 2.14. The van der Waals surface area contributed by atoms with E-state index < -0.39 is 10.9 Å². The molecule has 0 bridgehead atoms. The van der Waals surface area contributed by atoms with Gasteiger partial charge in [0.05, 0.1) is 16.5 Å². The Morgan fingerprint density at radius 1 is 1.30 bits per heavy atom. The lowest BCUT2D eigenvalue weighted by Gasteiger charge is -2.06. The molecule has 1 aromatic carbocycles. The predicted octanol–water partition coefficient (Wildman–Crippen LogP) is 2.39. The van der Waals surface area contributed by atoms with Crippen LogP contribution < -0.4 is 10.6 Å². The molecule has 1 heterocycles. The number of carbonyl (C=O) groups is 2. The van der Waals surface area contributed by atoms with E-state index in [0.717, 1.165) is 5.01 Å². The highest BCUT2D eigenvalue weighted by Crippen LogP contribution is 2.23. The molecule has 2 aromatic rings. The minimum absolute atomic E-state index is 0.139. The first-order chi connectivity index (χ1) is 13.0. The molecule has 144 valence electrons.